The van der Waals surface area contributed by atoms with Crippen molar-refractivity contribution in [2.45, 2.75) is 52.6 Å². The van der Waals surface area contributed by atoms with Crippen LogP contribution in [-0.2, 0) is 0 Å². The lowest BCUT2D eigenvalue weighted by Crippen LogP contribution is -2.50. The van der Waals surface area contributed by atoms with Crippen molar-refractivity contribution in [3.8, 4) is 0 Å². The number of nitrogens with two attached hydrogens (primary N) is 1. The maximum absolute atomic E-state index is 6.09. The van der Waals surface area contributed by atoms with Gasteiger partial charge in [0, 0.05) is 18.6 Å². The molecule has 84 valence electrons. The minimum Gasteiger partial charge on any atom is -0.326 e. The van der Waals surface area contributed by atoms with Gasteiger partial charge in [0.1, 0.15) is 0 Å². The van der Waals surface area contributed by atoms with E-state index < -0.39 is 0 Å². The molecule has 0 saturated carbocycles. The first-order valence-electron chi connectivity index (χ1n) is 6.05. The highest BCUT2D eigenvalue weighted by Crippen LogP contribution is 2.24. The fraction of sp³-hybridized carbons (Fsp3) is 1.00. The zero-order valence-corrected chi connectivity index (χ0v) is 10.2. The van der Waals surface area contributed by atoms with Crippen LogP contribution in [0.3, 0.4) is 0 Å². The second-order valence-electron chi connectivity index (χ2n) is 5.05. The van der Waals surface area contributed by atoms with Crippen LogP contribution in [0, 0.1) is 11.8 Å². The third-order valence-electron chi connectivity index (χ3n) is 4.03. The Morgan fingerprint density at radius 3 is 2.50 bits per heavy atom. The Labute approximate surface area is 88.8 Å². The van der Waals surface area contributed by atoms with E-state index in [9.17, 15) is 0 Å². The van der Waals surface area contributed by atoms with Crippen LogP contribution in [0.1, 0.15) is 40.5 Å². The topological polar surface area (TPSA) is 29.3 Å². The quantitative estimate of drug-likeness (QED) is 0.752. The molecule has 0 aliphatic carbocycles. The van der Waals surface area contributed by atoms with Gasteiger partial charge in [-0.1, -0.05) is 20.8 Å². The average Bonchev–Trinajstić information content (AvgIpc) is 2.20. The van der Waals surface area contributed by atoms with Crippen molar-refractivity contribution >= 4 is 0 Å². The molecule has 1 aliphatic rings. The Hall–Kier alpha value is -0.0800. The number of piperidine rings is 1. The van der Waals surface area contributed by atoms with Crippen LogP contribution < -0.4 is 5.73 Å². The monoisotopic (exact) mass is 198 g/mol. The highest BCUT2D eigenvalue weighted by molar-refractivity contribution is 4.83. The van der Waals surface area contributed by atoms with Gasteiger partial charge in [-0.15, -0.1) is 0 Å². The van der Waals surface area contributed by atoms with Gasteiger partial charge in [-0.05, 0) is 38.1 Å². The van der Waals surface area contributed by atoms with Crippen LogP contribution >= 0.6 is 0 Å². The van der Waals surface area contributed by atoms with E-state index >= 15 is 0 Å². The van der Waals surface area contributed by atoms with Crippen molar-refractivity contribution < 1.29 is 0 Å². The van der Waals surface area contributed by atoms with E-state index in [-0.39, 0.29) is 0 Å². The minimum absolute atomic E-state index is 0.343. The molecule has 0 radical (unpaired) electrons. The average molecular weight is 198 g/mol. The second-order valence-corrected chi connectivity index (χ2v) is 5.05. The van der Waals surface area contributed by atoms with Gasteiger partial charge < -0.3 is 5.73 Å². The van der Waals surface area contributed by atoms with Gasteiger partial charge in [-0.3, -0.25) is 4.90 Å². The van der Waals surface area contributed by atoms with Gasteiger partial charge in [-0.2, -0.15) is 0 Å². The van der Waals surface area contributed by atoms with Gasteiger partial charge in [0.15, 0.2) is 0 Å². The summed E-state index contributed by atoms with van der Waals surface area (Å²) in [4.78, 5) is 2.57. The summed E-state index contributed by atoms with van der Waals surface area (Å²) >= 11 is 0. The summed E-state index contributed by atoms with van der Waals surface area (Å²) < 4.78 is 0. The Morgan fingerprint density at radius 2 is 2.00 bits per heavy atom. The largest absolute Gasteiger partial charge is 0.326 e. The second kappa shape index (κ2) is 5.13. The molecule has 0 aromatic carbocycles. The summed E-state index contributed by atoms with van der Waals surface area (Å²) in [6.45, 7) is 11.7. The normalized spacial score (nSPS) is 34.1. The molecule has 4 unspecified atom stereocenters. The smallest absolute Gasteiger partial charge is 0.0218 e. The van der Waals surface area contributed by atoms with Crippen molar-refractivity contribution in [2.75, 3.05) is 13.1 Å². The third kappa shape index (κ3) is 2.71. The first kappa shape index (κ1) is 12.0. The van der Waals surface area contributed by atoms with Crippen LogP contribution in [0.25, 0.3) is 0 Å². The number of hydrogen-bond acceptors (Lipinski definition) is 2. The summed E-state index contributed by atoms with van der Waals surface area (Å²) in [7, 11) is 0. The third-order valence-corrected chi connectivity index (χ3v) is 4.03. The highest BCUT2D eigenvalue weighted by Gasteiger charge is 2.27. The Balaban J connectivity index is 2.45. The molecule has 2 heteroatoms. The molecule has 0 spiro atoms. The molecule has 2 N–H and O–H groups in total. The van der Waals surface area contributed by atoms with E-state index in [0.717, 1.165) is 18.3 Å². The lowest BCUT2D eigenvalue weighted by atomic mass is 9.87. The molecule has 4 atom stereocenters. The minimum atomic E-state index is 0.343. The number of nitrogens with zero attached hydrogens (tertiary/aromatic N) is 1. The summed E-state index contributed by atoms with van der Waals surface area (Å²) in [5.41, 5.74) is 6.09. The van der Waals surface area contributed by atoms with Crippen molar-refractivity contribution in [3.05, 3.63) is 0 Å². The van der Waals surface area contributed by atoms with E-state index in [4.69, 9.17) is 5.73 Å². The van der Waals surface area contributed by atoms with E-state index in [0.29, 0.717) is 12.1 Å². The van der Waals surface area contributed by atoms with Crippen molar-refractivity contribution in [3.63, 3.8) is 0 Å². The van der Waals surface area contributed by atoms with Gasteiger partial charge in [0.2, 0.25) is 0 Å². The molecule has 0 amide bonds. The fourth-order valence-electron chi connectivity index (χ4n) is 2.28. The van der Waals surface area contributed by atoms with Crippen LogP contribution in [0.4, 0.5) is 0 Å². The molecular formula is C12H26N2. The lowest BCUT2D eigenvalue weighted by Gasteiger charge is -2.40. The number of hydrogen-bond donors (Lipinski definition) is 1. The van der Waals surface area contributed by atoms with Crippen molar-refractivity contribution in [2.24, 2.45) is 17.6 Å². The van der Waals surface area contributed by atoms with E-state index in [1.54, 1.807) is 0 Å². The first-order chi connectivity index (χ1) is 6.56. The molecule has 1 saturated heterocycles. The Bertz CT molecular complexity index is 170. The van der Waals surface area contributed by atoms with E-state index in [2.05, 4.69) is 32.6 Å². The SMILES string of the molecule is CCC(N)C(C)N1CCC(C)C(C)C1. The molecule has 0 aromatic heterocycles. The number of rotatable bonds is 3. The van der Waals surface area contributed by atoms with Gasteiger partial charge in [-0.25, -0.2) is 0 Å². The van der Waals surface area contributed by atoms with Crippen molar-refractivity contribution in [1.82, 2.24) is 4.90 Å². The predicted octanol–water partition coefficient (Wildman–Crippen LogP) is 2.09. The molecule has 0 bridgehead atoms. The van der Waals surface area contributed by atoms with Crippen LogP contribution in [0.2, 0.25) is 0 Å². The van der Waals surface area contributed by atoms with Crippen LogP contribution in [-0.4, -0.2) is 30.1 Å². The summed E-state index contributed by atoms with van der Waals surface area (Å²) in [6, 6.07) is 0.894. The van der Waals surface area contributed by atoms with Gasteiger partial charge in [0.05, 0.1) is 0 Å². The molecule has 14 heavy (non-hydrogen) atoms. The van der Waals surface area contributed by atoms with Gasteiger partial charge in [0.25, 0.3) is 0 Å². The first-order valence-corrected chi connectivity index (χ1v) is 6.05. The maximum Gasteiger partial charge on any atom is 0.0218 e. The van der Waals surface area contributed by atoms with Crippen LogP contribution in [0.15, 0.2) is 0 Å². The van der Waals surface area contributed by atoms with E-state index in [1.165, 1.54) is 19.5 Å². The van der Waals surface area contributed by atoms with E-state index in [1.807, 2.05) is 0 Å². The van der Waals surface area contributed by atoms with Crippen molar-refractivity contribution in [1.29, 1.82) is 0 Å². The van der Waals surface area contributed by atoms with Crippen LogP contribution in [0.5, 0.6) is 0 Å². The molecule has 2 nitrogen and oxygen atoms in total. The maximum atomic E-state index is 6.09. The fourth-order valence-corrected chi connectivity index (χ4v) is 2.28. The summed E-state index contributed by atoms with van der Waals surface area (Å²) in [5, 5.41) is 0. The molecule has 1 heterocycles. The Kier molecular flexibility index (Phi) is 4.39. The molecule has 1 aliphatic heterocycles. The summed E-state index contributed by atoms with van der Waals surface area (Å²) in [6.07, 6.45) is 2.42. The Morgan fingerprint density at radius 1 is 1.36 bits per heavy atom. The summed E-state index contributed by atoms with van der Waals surface area (Å²) in [5.74, 6) is 1.71. The zero-order valence-electron chi connectivity index (χ0n) is 10.2. The highest BCUT2D eigenvalue weighted by atomic mass is 15.2. The molecule has 1 fully saturated rings. The zero-order chi connectivity index (χ0) is 10.7. The molecule has 1 rings (SSSR count). The molecule has 0 aromatic rings. The van der Waals surface area contributed by atoms with Gasteiger partial charge >= 0.3 is 0 Å². The lowest BCUT2D eigenvalue weighted by molar-refractivity contribution is 0.0901. The standard InChI is InChI=1S/C12H26N2/c1-5-12(13)11(4)14-7-6-9(2)10(3)8-14/h9-12H,5-8,13H2,1-4H3. The number of likely N-dealkylation sites (tertiary alicyclic amines) is 1. The predicted molar refractivity (Wildman–Crippen MR) is 62.2 cm³/mol. The molecular weight excluding hydrogens is 172 g/mol.